The van der Waals surface area contributed by atoms with E-state index in [1.807, 2.05) is 38.4 Å². The fourth-order valence-corrected chi connectivity index (χ4v) is 1.61. The summed E-state index contributed by atoms with van der Waals surface area (Å²) < 4.78 is 0. The molecule has 0 unspecified atom stereocenters. The van der Waals surface area contributed by atoms with E-state index in [0.717, 1.165) is 22.8 Å². The summed E-state index contributed by atoms with van der Waals surface area (Å²) in [5.41, 5.74) is 4.39. The van der Waals surface area contributed by atoms with E-state index in [2.05, 4.69) is 39.6 Å². The van der Waals surface area contributed by atoms with Crippen LogP contribution in [-0.2, 0) is 0 Å². The molecule has 0 bridgehead atoms. The van der Waals surface area contributed by atoms with Gasteiger partial charge in [-0.25, -0.2) is 9.98 Å². The topological polar surface area (TPSA) is 40.0 Å². The van der Waals surface area contributed by atoms with Crippen LogP contribution < -0.4 is 15.3 Å². The van der Waals surface area contributed by atoms with E-state index >= 15 is 0 Å². The quantitative estimate of drug-likeness (QED) is 0.566. The molecule has 0 aliphatic heterocycles. The molecule has 3 nitrogen and oxygen atoms in total. The van der Waals surface area contributed by atoms with Gasteiger partial charge >= 0.3 is 0 Å². The maximum atomic E-state index is 3.35. The molecule has 0 saturated carbocycles. The van der Waals surface area contributed by atoms with Crippen molar-refractivity contribution in [3.05, 3.63) is 48.6 Å². The first-order chi connectivity index (χ1) is 8.31. The second-order valence-corrected chi connectivity index (χ2v) is 3.78. The number of benzene rings is 1. The van der Waals surface area contributed by atoms with Crippen molar-refractivity contribution in [1.82, 2.24) is 0 Å². The van der Waals surface area contributed by atoms with Crippen LogP contribution in [0.15, 0.2) is 48.6 Å². The van der Waals surface area contributed by atoms with Crippen molar-refractivity contribution in [3.8, 4) is 0 Å². The van der Waals surface area contributed by atoms with Gasteiger partial charge in [-0.3, -0.25) is 0 Å². The highest BCUT2D eigenvalue weighted by Gasteiger charge is 2.06. The maximum Gasteiger partial charge on any atom is 0.204 e. The van der Waals surface area contributed by atoms with E-state index in [1.54, 1.807) is 0 Å². The molecule has 0 fully saturated rings. The summed E-state index contributed by atoms with van der Waals surface area (Å²) in [4.78, 5) is 6.45. The summed E-state index contributed by atoms with van der Waals surface area (Å²) in [6.45, 7) is 0. The minimum Gasteiger partial charge on any atom is -0.388 e. The molecular weight excluding hydrogens is 210 g/mol. The summed E-state index contributed by atoms with van der Waals surface area (Å²) in [7, 11) is 3.83. The third-order valence-electron chi connectivity index (χ3n) is 2.64. The molecule has 86 valence electrons. The molecule has 0 amide bonds. The SMILES string of the molecule is CNc1ccc([NH+]=C2C=CC(=[NH+]C)C=C2)cc1. The van der Waals surface area contributed by atoms with Crippen molar-refractivity contribution < 1.29 is 9.98 Å². The Kier molecular flexibility index (Phi) is 3.50. The number of hydrogen-bond acceptors (Lipinski definition) is 1. The zero-order valence-electron chi connectivity index (χ0n) is 10.1. The van der Waals surface area contributed by atoms with Gasteiger partial charge in [-0.1, -0.05) is 0 Å². The number of anilines is 1. The largest absolute Gasteiger partial charge is 0.388 e. The Hall–Kier alpha value is -2.16. The first-order valence-corrected chi connectivity index (χ1v) is 5.64. The van der Waals surface area contributed by atoms with Gasteiger partial charge in [0.05, 0.1) is 0 Å². The van der Waals surface area contributed by atoms with Crippen LogP contribution in [0.5, 0.6) is 0 Å². The van der Waals surface area contributed by atoms with Gasteiger partial charge in [0.2, 0.25) is 11.4 Å². The van der Waals surface area contributed by atoms with Gasteiger partial charge in [-0.15, -0.1) is 0 Å². The third kappa shape index (κ3) is 2.91. The molecule has 0 atom stereocenters. The molecule has 0 saturated heterocycles. The lowest BCUT2D eigenvalue weighted by Gasteiger charge is -1.97. The molecule has 1 aliphatic carbocycles. The Balaban J connectivity index is 2.17. The number of allylic oxidation sites excluding steroid dienone is 4. The van der Waals surface area contributed by atoms with Crippen LogP contribution in [0.2, 0.25) is 0 Å². The molecule has 17 heavy (non-hydrogen) atoms. The third-order valence-corrected chi connectivity index (χ3v) is 2.64. The minimum absolute atomic E-state index is 1.08. The van der Waals surface area contributed by atoms with Gasteiger partial charge in [-0.05, 0) is 12.1 Å². The van der Waals surface area contributed by atoms with Crippen LogP contribution >= 0.6 is 0 Å². The summed E-state index contributed by atoms with van der Waals surface area (Å²) in [5.74, 6) is 0. The fraction of sp³-hybridized carbons (Fsp3) is 0.143. The highest BCUT2D eigenvalue weighted by atomic mass is 14.8. The molecule has 0 aromatic heterocycles. The van der Waals surface area contributed by atoms with E-state index in [-0.39, 0.29) is 0 Å². The van der Waals surface area contributed by atoms with E-state index in [1.165, 1.54) is 0 Å². The minimum atomic E-state index is 1.08. The number of hydrogen-bond donors (Lipinski definition) is 3. The lowest BCUT2D eigenvalue weighted by Crippen LogP contribution is -2.68. The van der Waals surface area contributed by atoms with Crippen LogP contribution in [-0.4, -0.2) is 25.5 Å². The van der Waals surface area contributed by atoms with Gasteiger partial charge in [0, 0.05) is 49.2 Å². The Morgan fingerprint density at radius 1 is 0.882 bits per heavy atom. The molecule has 0 heterocycles. The van der Waals surface area contributed by atoms with E-state index in [0.29, 0.717) is 0 Å². The van der Waals surface area contributed by atoms with Crippen molar-refractivity contribution in [2.45, 2.75) is 0 Å². The summed E-state index contributed by atoms with van der Waals surface area (Å²) in [5, 5.41) is 3.10. The van der Waals surface area contributed by atoms with Crippen molar-refractivity contribution in [1.29, 1.82) is 0 Å². The Morgan fingerprint density at radius 3 is 2.00 bits per heavy atom. The lowest BCUT2D eigenvalue weighted by molar-refractivity contribution is -0.417. The standard InChI is InChI=1S/C14H15N3/c1-15-11-3-7-13(8-4-11)17-14-9-5-12(16-2)6-10-14/h3-10,15H,1-2H3/p+2. The fourth-order valence-electron chi connectivity index (χ4n) is 1.61. The second-order valence-electron chi connectivity index (χ2n) is 3.78. The molecule has 2 rings (SSSR count). The molecule has 1 aromatic rings. The Bertz CT molecular complexity index is 487. The smallest absolute Gasteiger partial charge is 0.204 e. The molecule has 1 aliphatic rings. The number of rotatable bonds is 2. The predicted molar refractivity (Wildman–Crippen MR) is 71.8 cm³/mol. The van der Waals surface area contributed by atoms with Crippen LogP contribution in [0.1, 0.15) is 0 Å². The number of nitrogens with one attached hydrogen (secondary N) is 3. The van der Waals surface area contributed by atoms with Gasteiger partial charge in [-0.2, -0.15) is 0 Å². The summed E-state index contributed by atoms with van der Waals surface area (Å²) in [6.07, 6.45) is 8.20. The second kappa shape index (κ2) is 5.25. The molecule has 3 N–H and O–H groups in total. The summed E-state index contributed by atoms with van der Waals surface area (Å²) >= 11 is 0. The lowest BCUT2D eigenvalue weighted by atomic mass is 10.1. The highest BCUT2D eigenvalue weighted by Crippen LogP contribution is 2.07. The predicted octanol–water partition coefficient (Wildman–Crippen LogP) is -0.841. The molecule has 0 radical (unpaired) electrons. The molecule has 1 aromatic carbocycles. The van der Waals surface area contributed by atoms with Crippen molar-refractivity contribution in [3.63, 3.8) is 0 Å². The van der Waals surface area contributed by atoms with Crippen molar-refractivity contribution >= 4 is 22.8 Å². The van der Waals surface area contributed by atoms with Crippen LogP contribution in [0.3, 0.4) is 0 Å². The average molecular weight is 227 g/mol. The Labute approximate surface area is 101 Å². The maximum absolute atomic E-state index is 3.35. The van der Waals surface area contributed by atoms with Crippen molar-refractivity contribution in [2.75, 3.05) is 19.4 Å². The highest BCUT2D eigenvalue weighted by molar-refractivity contribution is 6.14. The molecule has 3 heteroatoms. The first-order valence-electron chi connectivity index (χ1n) is 5.64. The zero-order chi connectivity index (χ0) is 12.1. The van der Waals surface area contributed by atoms with Crippen LogP contribution in [0.4, 0.5) is 11.4 Å². The molecule has 0 spiro atoms. The van der Waals surface area contributed by atoms with E-state index < -0.39 is 0 Å². The van der Waals surface area contributed by atoms with Crippen LogP contribution in [0, 0.1) is 0 Å². The van der Waals surface area contributed by atoms with Gasteiger partial charge < -0.3 is 5.32 Å². The first kappa shape index (κ1) is 11.3. The van der Waals surface area contributed by atoms with E-state index in [4.69, 9.17) is 0 Å². The Morgan fingerprint density at radius 2 is 1.47 bits per heavy atom. The normalized spacial score (nSPS) is 13.8. The molecular formula is C14H17N3+2. The monoisotopic (exact) mass is 227 g/mol. The van der Waals surface area contributed by atoms with Gasteiger partial charge in [0.1, 0.15) is 7.05 Å². The average Bonchev–Trinajstić information content (AvgIpc) is 2.40. The van der Waals surface area contributed by atoms with Crippen molar-refractivity contribution in [2.24, 2.45) is 0 Å². The van der Waals surface area contributed by atoms with Crippen LogP contribution in [0.25, 0.3) is 0 Å². The van der Waals surface area contributed by atoms with Gasteiger partial charge in [0.15, 0.2) is 5.71 Å². The zero-order valence-corrected chi connectivity index (χ0v) is 10.1. The summed E-state index contributed by atoms with van der Waals surface area (Å²) in [6, 6.07) is 8.20. The van der Waals surface area contributed by atoms with E-state index in [9.17, 15) is 0 Å². The van der Waals surface area contributed by atoms with Gasteiger partial charge in [0.25, 0.3) is 0 Å².